The summed E-state index contributed by atoms with van der Waals surface area (Å²) in [5, 5.41) is 9.01. The summed E-state index contributed by atoms with van der Waals surface area (Å²) in [6.45, 7) is 0.578. The van der Waals surface area contributed by atoms with E-state index in [-0.39, 0.29) is 12.5 Å². The van der Waals surface area contributed by atoms with E-state index in [2.05, 4.69) is 15.9 Å². The zero-order valence-electron chi connectivity index (χ0n) is 10.2. The van der Waals surface area contributed by atoms with Crippen LogP contribution in [0.3, 0.4) is 0 Å². The van der Waals surface area contributed by atoms with Gasteiger partial charge in [-0.15, -0.1) is 0 Å². The highest BCUT2D eigenvalue weighted by Gasteiger charge is 2.35. The number of hydrogen-bond donors (Lipinski definition) is 1. The van der Waals surface area contributed by atoms with Gasteiger partial charge in [-0.3, -0.25) is 4.79 Å². The van der Waals surface area contributed by atoms with Gasteiger partial charge in [0.1, 0.15) is 18.4 Å². The van der Waals surface area contributed by atoms with Crippen LogP contribution >= 0.6 is 15.9 Å². The van der Waals surface area contributed by atoms with Gasteiger partial charge < -0.3 is 14.7 Å². The van der Waals surface area contributed by atoms with Gasteiger partial charge in [-0.2, -0.15) is 0 Å². The summed E-state index contributed by atoms with van der Waals surface area (Å²) in [5.74, 6) is -0.383. The Morgan fingerprint density at radius 2 is 2.32 bits per heavy atom. The molecule has 19 heavy (non-hydrogen) atoms. The van der Waals surface area contributed by atoms with Crippen molar-refractivity contribution in [2.24, 2.45) is 0 Å². The molecule has 2 rings (SSSR count). The molecule has 1 aliphatic heterocycles. The van der Waals surface area contributed by atoms with Crippen LogP contribution < -0.4 is 4.74 Å². The highest BCUT2D eigenvalue weighted by molar-refractivity contribution is 9.10. The molecule has 0 spiro atoms. The molecule has 1 N–H and O–H groups in total. The summed E-state index contributed by atoms with van der Waals surface area (Å²) < 4.78 is 6.42. The minimum absolute atomic E-state index is 0.120. The zero-order valence-corrected chi connectivity index (χ0v) is 11.8. The number of carboxylic acids is 1. The predicted molar refractivity (Wildman–Crippen MR) is 72.0 cm³/mol. The Morgan fingerprint density at radius 3 is 3.00 bits per heavy atom. The second-order valence-electron chi connectivity index (χ2n) is 4.29. The van der Waals surface area contributed by atoms with Crippen LogP contribution in [0, 0.1) is 0 Å². The maximum atomic E-state index is 11.6. The molecular weight excluding hydrogens is 314 g/mol. The van der Waals surface area contributed by atoms with E-state index in [0.29, 0.717) is 25.1 Å². The number of halogens is 1. The first kappa shape index (κ1) is 13.9. The summed E-state index contributed by atoms with van der Waals surface area (Å²) in [6, 6.07) is 6.65. The van der Waals surface area contributed by atoms with Gasteiger partial charge in [-0.1, -0.05) is 22.0 Å². The lowest BCUT2D eigenvalue weighted by molar-refractivity contribution is -0.146. The molecule has 1 unspecified atom stereocenters. The quantitative estimate of drug-likeness (QED) is 0.897. The molecule has 0 aromatic heterocycles. The average molecular weight is 328 g/mol. The van der Waals surface area contributed by atoms with Crippen molar-refractivity contribution in [3.8, 4) is 5.75 Å². The van der Waals surface area contributed by atoms with Gasteiger partial charge in [0.05, 0.1) is 6.54 Å². The number of nitrogens with zero attached hydrogens (tertiary/aromatic N) is 1. The largest absolute Gasteiger partial charge is 0.492 e. The van der Waals surface area contributed by atoms with E-state index in [1.54, 1.807) is 0 Å². The molecule has 1 atom stereocenters. The molecule has 1 aliphatic rings. The summed E-state index contributed by atoms with van der Waals surface area (Å²) >= 11 is 3.34. The number of benzene rings is 1. The molecule has 1 saturated heterocycles. The monoisotopic (exact) mass is 327 g/mol. The molecule has 1 aromatic carbocycles. The number of amides is 1. The van der Waals surface area contributed by atoms with E-state index in [0.717, 1.165) is 4.47 Å². The van der Waals surface area contributed by atoms with Crippen molar-refractivity contribution in [3.63, 3.8) is 0 Å². The molecule has 6 heteroatoms. The van der Waals surface area contributed by atoms with Crippen LogP contribution in [0.15, 0.2) is 28.7 Å². The minimum Gasteiger partial charge on any atom is -0.492 e. The molecule has 0 saturated carbocycles. The van der Waals surface area contributed by atoms with Crippen molar-refractivity contribution in [1.29, 1.82) is 0 Å². The van der Waals surface area contributed by atoms with Gasteiger partial charge in [-0.25, -0.2) is 4.79 Å². The maximum Gasteiger partial charge on any atom is 0.326 e. The van der Waals surface area contributed by atoms with Crippen molar-refractivity contribution in [1.82, 2.24) is 4.90 Å². The van der Waals surface area contributed by atoms with E-state index >= 15 is 0 Å². The third-order valence-electron chi connectivity index (χ3n) is 3.01. The predicted octanol–water partition coefficient (Wildman–Crippen LogP) is 1.90. The number of ether oxygens (including phenoxy) is 1. The third kappa shape index (κ3) is 3.47. The molecule has 0 aliphatic carbocycles. The first-order valence-corrected chi connectivity index (χ1v) is 6.78. The number of carbonyl (C=O) groups is 2. The second kappa shape index (κ2) is 6.06. The van der Waals surface area contributed by atoms with Gasteiger partial charge in [0.2, 0.25) is 5.91 Å². The van der Waals surface area contributed by atoms with Crippen LogP contribution in [0.1, 0.15) is 12.8 Å². The molecule has 5 nitrogen and oxygen atoms in total. The van der Waals surface area contributed by atoms with Crippen LogP contribution in [0.25, 0.3) is 0 Å². The molecule has 0 radical (unpaired) electrons. The Bertz CT molecular complexity index is 491. The Morgan fingerprint density at radius 1 is 1.53 bits per heavy atom. The first-order chi connectivity index (χ1) is 9.08. The van der Waals surface area contributed by atoms with Gasteiger partial charge in [0.15, 0.2) is 0 Å². The molecule has 1 fully saturated rings. The summed E-state index contributed by atoms with van der Waals surface area (Å²) in [4.78, 5) is 24.0. The summed E-state index contributed by atoms with van der Waals surface area (Å²) in [5.41, 5.74) is 0. The van der Waals surface area contributed by atoms with Crippen molar-refractivity contribution in [2.75, 3.05) is 13.2 Å². The van der Waals surface area contributed by atoms with Crippen LogP contribution in [0.5, 0.6) is 5.75 Å². The van der Waals surface area contributed by atoms with E-state index in [1.807, 2.05) is 24.3 Å². The van der Waals surface area contributed by atoms with Crippen LogP contribution in [-0.2, 0) is 9.59 Å². The Hall–Kier alpha value is -1.56. The lowest BCUT2D eigenvalue weighted by atomic mass is 10.2. The highest BCUT2D eigenvalue weighted by Crippen LogP contribution is 2.20. The number of likely N-dealkylation sites (tertiary alicyclic amines) is 1. The van der Waals surface area contributed by atoms with Crippen molar-refractivity contribution in [2.45, 2.75) is 18.9 Å². The number of hydrogen-bond acceptors (Lipinski definition) is 3. The van der Waals surface area contributed by atoms with Gasteiger partial charge in [0, 0.05) is 10.9 Å². The van der Waals surface area contributed by atoms with Crippen molar-refractivity contribution < 1.29 is 19.4 Å². The molecular formula is C13H14BrNO4. The molecule has 1 heterocycles. The van der Waals surface area contributed by atoms with Gasteiger partial charge in [0.25, 0.3) is 0 Å². The summed E-state index contributed by atoms with van der Waals surface area (Å²) in [7, 11) is 0. The first-order valence-electron chi connectivity index (χ1n) is 5.98. The van der Waals surface area contributed by atoms with E-state index in [4.69, 9.17) is 9.84 Å². The lowest BCUT2D eigenvalue weighted by Gasteiger charge is -2.21. The van der Waals surface area contributed by atoms with E-state index < -0.39 is 12.0 Å². The van der Waals surface area contributed by atoms with Gasteiger partial charge in [-0.05, 0) is 24.6 Å². The standard InChI is InChI=1S/C13H14BrNO4/c14-9-2-1-3-10(8-9)19-7-6-15-11(13(17)18)4-5-12(15)16/h1-3,8,11H,4-7H2,(H,17,18). The minimum atomic E-state index is -0.951. The van der Waals surface area contributed by atoms with Crippen LogP contribution in [0.2, 0.25) is 0 Å². The second-order valence-corrected chi connectivity index (χ2v) is 5.20. The third-order valence-corrected chi connectivity index (χ3v) is 3.50. The summed E-state index contributed by atoms with van der Waals surface area (Å²) in [6.07, 6.45) is 0.679. The zero-order chi connectivity index (χ0) is 13.8. The maximum absolute atomic E-state index is 11.6. The molecule has 1 aromatic rings. The smallest absolute Gasteiger partial charge is 0.326 e. The van der Waals surface area contributed by atoms with E-state index in [1.165, 1.54) is 4.90 Å². The average Bonchev–Trinajstić information content (AvgIpc) is 2.71. The van der Waals surface area contributed by atoms with Crippen molar-refractivity contribution >= 4 is 27.8 Å². The Labute approximate surface area is 119 Å². The lowest BCUT2D eigenvalue weighted by Crippen LogP contribution is -2.40. The van der Waals surface area contributed by atoms with Gasteiger partial charge >= 0.3 is 5.97 Å². The fourth-order valence-electron chi connectivity index (χ4n) is 2.09. The number of aliphatic carboxylic acids is 1. The Kier molecular flexibility index (Phi) is 4.42. The van der Waals surface area contributed by atoms with E-state index in [9.17, 15) is 9.59 Å². The van der Waals surface area contributed by atoms with Crippen LogP contribution in [-0.4, -0.2) is 41.1 Å². The topological polar surface area (TPSA) is 66.8 Å². The Balaban J connectivity index is 1.88. The molecule has 0 bridgehead atoms. The normalized spacial score (nSPS) is 18.7. The van der Waals surface area contributed by atoms with Crippen LogP contribution in [0.4, 0.5) is 0 Å². The fraction of sp³-hybridized carbons (Fsp3) is 0.385. The number of carbonyl (C=O) groups excluding carboxylic acids is 1. The highest BCUT2D eigenvalue weighted by atomic mass is 79.9. The SMILES string of the molecule is O=C(O)C1CCC(=O)N1CCOc1cccc(Br)c1. The number of rotatable bonds is 5. The number of carboxylic acid groups (broad SMARTS) is 1. The van der Waals surface area contributed by atoms with Crippen molar-refractivity contribution in [3.05, 3.63) is 28.7 Å². The molecule has 1 amide bonds. The molecule has 102 valence electrons. The fourth-order valence-corrected chi connectivity index (χ4v) is 2.47.